The van der Waals surface area contributed by atoms with Gasteiger partial charge in [-0.25, -0.2) is 0 Å². The number of aliphatic carboxylic acids is 1. The number of carboxylic acids is 1. The molecule has 3 unspecified atom stereocenters. The number of carbonyl (C=O) groups is 3. The summed E-state index contributed by atoms with van der Waals surface area (Å²) in [4.78, 5) is 34.5. The molecule has 1 aliphatic carbocycles. The van der Waals surface area contributed by atoms with Crippen molar-refractivity contribution in [3.63, 3.8) is 0 Å². The fourth-order valence-electron chi connectivity index (χ4n) is 2.13. The molecule has 3 atom stereocenters. The Labute approximate surface area is 134 Å². The average Bonchev–Trinajstić information content (AvgIpc) is 3.27. The van der Waals surface area contributed by atoms with Crippen LogP contribution in [0.15, 0.2) is 24.3 Å². The van der Waals surface area contributed by atoms with Gasteiger partial charge in [0.05, 0.1) is 12.0 Å². The van der Waals surface area contributed by atoms with Crippen LogP contribution < -0.4 is 10.6 Å². The molecular weight excluding hydrogens is 300 g/mol. The highest BCUT2D eigenvalue weighted by Gasteiger charge is 2.43. The molecule has 124 valence electrons. The summed E-state index contributed by atoms with van der Waals surface area (Å²) in [6.07, 6.45) is 0.732. The van der Waals surface area contributed by atoms with Crippen LogP contribution in [0.1, 0.15) is 30.6 Å². The van der Waals surface area contributed by atoms with Crippen LogP contribution >= 0.6 is 0 Å². The van der Waals surface area contributed by atoms with Crippen LogP contribution in [0.2, 0.25) is 0 Å². The molecule has 1 saturated carbocycles. The molecule has 1 fully saturated rings. The molecule has 7 nitrogen and oxygen atoms in total. The van der Waals surface area contributed by atoms with Crippen molar-refractivity contribution in [1.29, 1.82) is 0 Å². The molecule has 0 aromatic heterocycles. The molecule has 3 N–H and O–H groups in total. The average molecular weight is 320 g/mol. The molecule has 2 amide bonds. The first kappa shape index (κ1) is 17.0. The standard InChI is InChI=1S/C16H20N2O5/c1-3-23-13-8-12(13)15(20)18-11-6-4-10(5-7-11)14(19)17-9(2)16(21)22/h4-7,9,12-13H,3,8H2,1-2H3,(H,17,19)(H,18,20)(H,21,22). The van der Waals surface area contributed by atoms with Gasteiger partial charge in [0.15, 0.2) is 0 Å². The molecule has 0 saturated heterocycles. The van der Waals surface area contributed by atoms with Crippen LogP contribution in [0.5, 0.6) is 0 Å². The number of amides is 2. The SMILES string of the molecule is CCOC1CC1C(=O)Nc1ccc(C(=O)NC(C)C(=O)O)cc1. The highest BCUT2D eigenvalue weighted by Crippen LogP contribution is 2.34. The van der Waals surface area contributed by atoms with Gasteiger partial charge in [-0.1, -0.05) is 0 Å². The fraction of sp³-hybridized carbons (Fsp3) is 0.438. The zero-order valence-corrected chi connectivity index (χ0v) is 13.0. The van der Waals surface area contributed by atoms with Crippen molar-refractivity contribution < 1.29 is 24.2 Å². The molecule has 0 heterocycles. The second-order valence-corrected chi connectivity index (χ2v) is 5.44. The third kappa shape index (κ3) is 4.53. The van der Waals surface area contributed by atoms with Crippen LogP contribution in [0, 0.1) is 5.92 Å². The highest BCUT2D eigenvalue weighted by atomic mass is 16.5. The summed E-state index contributed by atoms with van der Waals surface area (Å²) in [6, 6.07) is 5.32. The molecule has 1 aromatic rings. The summed E-state index contributed by atoms with van der Waals surface area (Å²) in [7, 11) is 0. The molecule has 0 radical (unpaired) electrons. The van der Waals surface area contributed by atoms with Gasteiger partial charge in [0.25, 0.3) is 5.91 Å². The van der Waals surface area contributed by atoms with Crippen LogP contribution in [0.4, 0.5) is 5.69 Å². The Morgan fingerprint density at radius 1 is 1.30 bits per heavy atom. The van der Waals surface area contributed by atoms with E-state index in [1.807, 2.05) is 6.92 Å². The third-order valence-electron chi connectivity index (χ3n) is 3.58. The number of hydrogen-bond donors (Lipinski definition) is 3. The molecule has 0 spiro atoms. The van der Waals surface area contributed by atoms with Crippen molar-refractivity contribution in [1.82, 2.24) is 5.32 Å². The summed E-state index contributed by atoms with van der Waals surface area (Å²) in [5.41, 5.74) is 0.912. The number of ether oxygens (including phenoxy) is 1. The highest BCUT2D eigenvalue weighted by molar-refractivity contribution is 5.98. The topological polar surface area (TPSA) is 105 Å². The predicted octanol–water partition coefficient (Wildman–Crippen LogP) is 1.25. The Hall–Kier alpha value is -2.41. The number of hydrogen-bond acceptors (Lipinski definition) is 4. The number of rotatable bonds is 7. The van der Waals surface area contributed by atoms with Crippen molar-refractivity contribution in [3.05, 3.63) is 29.8 Å². The van der Waals surface area contributed by atoms with Gasteiger partial charge in [0.2, 0.25) is 5.91 Å². The fourth-order valence-corrected chi connectivity index (χ4v) is 2.13. The Morgan fingerprint density at radius 3 is 2.52 bits per heavy atom. The van der Waals surface area contributed by atoms with E-state index in [1.165, 1.54) is 19.1 Å². The summed E-state index contributed by atoms with van der Waals surface area (Å²) in [5.74, 6) is -1.79. The molecule has 23 heavy (non-hydrogen) atoms. The molecular formula is C16H20N2O5. The van der Waals surface area contributed by atoms with Crippen LogP contribution in [-0.2, 0) is 14.3 Å². The zero-order chi connectivity index (χ0) is 17.0. The molecule has 1 aliphatic rings. The van der Waals surface area contributed by atoms with Gasteiger partial charge in [-0.3, -0.25) is 14.4 Å². The lowest BCUT2D eigenvalue weighted by atomic mass is 10.1. The minimum absolute atomic E-state index is 0.00237. The second-order valence-electron chi connectivity index (χ2n) is 5.44. The smallest absolute Gasteiger partial charge is 0.325 e. The summed E-state index contributed by atoms with van der Waals surface area (Å²) in [5, 5.41) is 13.9. The number of carboxylic acid groups (broad SMARTS) is 1. The summed E-state index contributed by atoms with van der Waals surface area (Å²) < 4.78 is 5.37. The van der Waals surface area contributed by atoms with Crippen molar-refractivity contribution in [2.24, 2.45) is 5.92 Å². The van der Waals surface area contributed by atoms with E-state index in [1.54, 1.807) is 12.1 Å². The lowest BCUT2D eigenvalue weighted by Gasteiger charge is -2.10. The van der Waals surface area contributed by atoms with Crippen LogP contribution in [-0.4, -0.2) is 41.6 Å². The minimum atomic E-state index is -1.10. The Bertz CT molecular complexity index is 599. The van der Waals surface area contributed by atoms with Crippen molar-refractivity contribution >= 4 is 23.5 Å². The van der Waals surface area contributed by atoms with Crippen molar-refractivity contribution in [3.8, 4) is 0 Å². The van der Waals surface area contributed by atoms with E-state index < -0.39 is 17.9 Å². The number of carbonyl (C=O) groups excluding carboxylic acids is 2. The predicted molar refractivity (Wildman–Crippen MR) is 83.2 cm³/mol. The maximum absolute atomic E-state index is 12.0. The van der Waals surface area contributed by atoms with Gasteiger partial charge in [-0.2, -0.15) is 0 Å². The van der Waals surface area contributed by atoms with E-state index in [4.69, 9.17) is 9.84 Å². The monoisotopic (exact) mass is 320 g/mol. The van der Waals surface area contributed by atoms with Gasteiger partial charge in [-0.05, 0) is 44.5 Å². The van der Waals surface area contributed by atoms with E-state index in [-0.39, 0.29) is 17.9 Å². The van der Waals surface area contributed by atoms with Gasteiger partial charge >= 0.3 is 5.97 Å². The Balaban J connectivity index is 1.88. The lowest BCUT2D eigenvalue weighted by molar-refractivity contribution is -0.138. The van der Waals surface area contributed by atoms with Gasteiger partial charge in [0, 0.05) is 17.9 Å². The van der Waals surface area contributed by atoms with E-state index in [9.17, 15) is 14.4 Å². The molecule has 1 aromatic carbocycles. The first-order chi connectivity index (χ1) is 10.9. The largest absolute Gasteiger partial charge is 0.480 e. The minimum Gasteiger partial charge on any atom is -0.480 e. The summed E-state index contributed by atoms with van der Waals surface area (Å²) >= 11 is 0. The van der Waals surface area contributed by atoms with E-state index in [0.29, 0.717) is 17.9 Å². The number of benzene rings is 1. The molecule has 7 heteroatoms. The Kier molecular flexibility index (Phi) is 5.33. The maximum atomic E-state index is 12.0. The third-order valence-corrected chi connectivity index (χ3v) is 3.58. The van der Waals surface area contributed by atoms with Crippen LogP contribution in [0.25, 0.3) is 0 Å². The number of anilines is 1. The first-order valence-electron chi connectivity index (χ1n) is 7.48. The van der Waals surface area contributed by atoms with Crippen molar-refractivity contribution in [2.45, 2.75) is 32.4 Å². The Morgan fingerprint density at radius 2 is 1.96 bits per heavy atom. The lowest BCUT2D eigenvalue weighted by Crippen LogP contribution is -2.38. The van der Waals surface area contributed by atoms with Gasteiger partial charge in [-0.15, -0.1) is 0 Å². The van der Waals surface area contributed by atoms with E-state index >= 15 is 0 Å². The van der Waals surface area contributed by atoms with Crippen molar-refractivity contribution in [2.75, 3.05) is 11.9 Å². The summed E-state index contributed by atoms with van der Waals surface area (Å²) in [6.45, 7) is 3.87. The van der Waals surface area contributed by atoms with Gasteiger partial charge in [0.1, 0.15) is 6.04 Å². The van der Waals surface area contributed by atoms with Gasteiger partial charge < -0.3 is 20.5 Å². The maximum Gasteiger partial charge on any atom is 0.325 e. The normalized spacial score (nSPS) is 20.4. The first-order valence-corrected chi connectivity index (χ1v) is 7.48. The number of nitrogens with one attached hydrogen (secondary N) is 2. The van der Waals surface area contributed by atoms with Crippen LogP contribution in [0.3, 0.4) is 0 Å². The second kappa shape index (κ2) is 7.23. The molecule has 0 bridgehead atoms. The zero-order valence-electron chi connectivity index (χ0n) is 13.0. The quantitative estimate of drug-likeness (QED) is 0.701. The molecule has 2 rings (SSSR count). The molecule has 0 aliphatic heterocycles. The van der Waals surface area contributed by atoms with E-state index in [0.717, 1.165) is 6.42 Å². The van der Waals surface area contributed by atoms with E-state index in [2.05, 4.69) is 10.6 Å².